The van der Waals surface area contributed by atoms with Crippen LogP contribution in [0.25, 0.3) is 0 Å². The maximum absolute atomic E-state index is 12.9. The van der Waals surface area contributed by atoms with Gasteiger partial charge in [0.1, 0.15) is 10.5 Å². The lowest BCUT2D eigenvalue weighted by Gasteiger charge is -2.21. The van der Waals surface area contributed by atoms with E-state index in [0.29, 0.717) is 10.7 Å². The molecule has 1 aliphatic heterocycles. The molecule has 1 aromatic carbocycles. The Morgan fingerprint density at radius 2 is 1.96 bits per heavy atom. The zero-order chi connectivity index (χ0) is 18.9. The van der Waals surface area contributed by atoms with Gasteiger partial charge in [-0.2, -0.15) is 0 Å². The number of carbonyl (C=O) groups is 3. The topological polar surface area (TPSA) is 82.6 Å². The van der Waals surface area contributed by atoms with Gasteiger partial charge in [-0.1, -0.05) is 30.3 Å². The molecule has 2 aromatic rings. The standard InChI is InChI=1S/C18H20N4O3S/c1-18(12-7-5-4-6-8-12)16(24)22(17(25)20-18)10-13-11-26-14(19-13)9-15(23)21(2)3/h4-8,11H,9-10H2,1-3H3,(H,20,25). The van der Waals surface area contributed by atoms with E-state index in [9.17, 15) is 14.4 Å². The highest BCUT2D eigenvalue weighted by Gasteiger charge is 2.48. The minimum atomic E-state index is -1.09. The number of thiazole rings is 1. The molecule has 0 spiro atoms. The molecule has 0 bridgehead atoms. The van der Waals surface area contributed by atoms with E-state index in [1.807, 2.05) is 30.3 Å². The molecule has 4 amide bonds. The largest absolute Gasteiger partial charge is 0.348 e. The minimum absolute atomic E-state index is 0.0439. The van der Waals surface area contributed by atoms with Gasteiger partial charge in [0, 0.05) is 19.5 Å². The van der Waals surface area contributed by atoms with Crippen molar-refractivity contribution in [3.05, 3.63) is 52.0 Å². The molecule has 1 unspecified atom stereocenters. The van der Waals surface area contributed by atoms with Crippen LogP contribution in [0.4, 0.5) is 4.79 Å². The van der Waals surface area contributed by atoms with Crippen molar-refractivity contribution in [1.29, 1.82) is 0 Å². The van der Waals surface area contributed by atoms with Crippen molar-refractivity contribution in [3.63, 3.8) is 0 Å². The molecule has 1 fully saturated rings. The van der Waals surface area contributed by atoms with Crippen molar-refractivity contribution >= 4 is 29.2 Å². The third kappa shape index (κ3) is 3.32. The van der Waals surface area contributed by atoms with Crippen LogP contribution in [0.15, 0.2) is 35.7 Å². The van der Waals surface area contributed by atoms with Gasteiger partial charge in [-0.05, 0) is 12.5 Å². The van der Waals surface area contributed by atoms with Crippen molar-refractivity contribution in [1.82, 2.24) is 20.1 Å². The lowest BCUT2D eigenvalue weighted by molar-refractivity contribution is -0.131. The molecular weight excluding hydrogens is 352 g/mol. The van der Waals surface area contributed by atoms with Gasteiger partial charge in [-0.3, -0.25) is 14.5 Å². The number of likely N-dealkylation sites (N-methyl/N-ethyl adjacent to an activating group) is 1. The third-order valence-electron chi connectivity index (χ3n) is 4.35. The second kappa shape index (κ2) is 6.87. The smallest absolute Gasteiger partial charge is 0.325 e. The molecule has 136 valence electrons. The molecule has 2 heterocycles. The van der Waals surface area contributed by atoms with Crippen molar-refractivity contribution in [2.45, 2.75) is 25.4 Å². The number of aromatic nitrogens is 1. The number of carbonyl (C=O) groups excluding carboxylic acids is 3. The first-order valence-electron chi connectivity index (χ1n) is 8.14. The van der Waals surface area contributed by atoms with E-state index in [1.54, 1.807) is 26.4 Å². The molecule has 1 saturated heterocycles. The van der Waals surface area contributed by atoms with Crippen LogP contribution in [0.1, 0.15) is 23.2 Å². The Hall–Kier alpha value is -2.74. The third-order valence-corrected chi connectivity index (χ3v) is 5.24. The molecule has 1 N–H and O–H groups in total. The van der Waals surface area contributed by atoms with Crippen molar-refractivity contribution in [2.75, 3.05) is 14.1 Å². The Balaban J connectivity index is 1.75. The molecule has 0 saturated carbocycles. The van der Waals surface area contributed by atoms with Gasteiger partial charge < -0.3 is 10.2 Å². The minimum Gasteiger partial charge on any atom is -0.348 e. The fourth-order valence-corrected chi connectivity index (χ4v) is 3.54. The first kappa shape index (κ1) is 18.1. The summed E-state index contributed by atoms with van der Waals surface area (Å²) in [5.74, 6) is -0.356. The number of nitrogens with one attached hydrogen (secondary N) is 1. The Morgan fingerprint density at radius 3 is 2.62 bits per heavy atom. The van der Waals surface area contributed by atoms with Crippen LogP contribution < -0.4 is 5.32 Å². The van der Waals surface area contributed by atoms with E-state index in [-0.39, 0.29) is 24.8 Å². The Morgan fingerprint density at radius 1 is 1.27 bits per heavy atom. The van der Waals surface area contributed by atoms with E-state index in [4.69, 9.17) is 0 Å². The molecule has 1 aromatic heterocycles. The van der Waals surface area contributed by atoms with Crippen LogP contribution in [0.3, 0.4) is 0 Å². The van der Waals surface area contributed by atoms with Gasteiger partial charge in [0.05, 0.1) is 18.7 Å². The number of benzene rings is 1. The van der Waals surface area contributed by atoms with Crippen LogP contribution in [0.2, 0.25) is 0 Å². The van der Waals surface area contributed by atoms with E-state index in [0.717, 1.165) is 5.56 Å². The van der Waals surface area contributed by atoms with E-state index >= 15 is 0 Å². The summed E-state index contributed by atoms with van der Waals surface area (Å²) in [6.45, 7) is 1.78. The number of rotatable bonds is 5. The average Bonchev–Trinajstić information content (AvgIpc) is 3.14. The fourth-order valence-electron chi connectivity index (χ4n) is 2.76. The molecule has 0 radical (unpaired) electrons. The Bertz CT molecular complexity index is 849. The zero-order valence-electron chi connectivity index (χ0n) is 14.9. The molecule has 8 heteroatoms. The molecular formula is C18H20N4O3S. The predicted molar refractivity (Wildman–Crippen MR) is 97.4 cm³/mol. The maximum atomic E-state index is 12.9. The number of amides is 4. The van der Waals surface area contributed by atoms with Crippen molar-refractivity contribution in [2.24, 2.45) is 0 Å². The summed E-state index contributed by atoms with van der Waals surface area (Å²) in [6.07, 6.45) is 0.208. The van der Waals surface area contributed by atoms with E-state index in [1.165, 1.54) is 21.1 Å². The number of hydrogen-bond acceptors (Lipinski definition) is 5. The lowest BCUT2D eigenvalue weighted by Crippen LogP contribution is -2.40. The molecule has 26 heavy (non-hydrogen) atoms. The molecule has 3 rings (SSSR count). The highest BCUT2D eigenvalue weighted by molar-refractivity contribution is 7.09. The average molecular weight is 372 g/mol. The summed E-state index contributed by atoms with van der Waals surface area (Å²) in [6, 6.07) is 8.71. The summed E-state index contributed by atoms with van der Waals surface area (Å²) >= 11 is 1.35. The highest BCUT2D eigenvalue weighted by Crippen LogP contribution is 2.29. The van der Waals surface area contributed by atoms with E-state index in [2.05, 4.69) is 10.3 Å². The van der Waals surface area contributed by atoms with Gasteiger partial charge in [-0.15, -0.1) is 11.3 Å². The second-order valence-electron chi connectivity index (χ2n) is 6.51. The van der Waals surface area contributed by atoms with E-state index < -0.39 is 11.6 Å². The van der Waals surface area contributed by atoms with Gasteiger partial charge in [0.15, 0.2) is 0 Å². The highest BCUT2D eigenvalue weighted by atomic mass is 32.1. The number of hydrogen-bond donors (Lipinski definition) is 1. The Labute approximate surface area is 155 Å². The van der Waals surface area contributed by atoms with Gasteiger partial charge in [-0.25, -0.2) is 9.78 Å². The predicted octanol–water partition coefficient (Wildman–Crippen LogP) is 1.74. The summed E-state index contributed by atoms with van der Waals surface area (Å²) in [5.41, 5.74) is 0.242. The van der Waals surface area contributed by atoms with Gasteiger partial charge >= 0.3 is 6.03 Å². The van der Waals surface area contributed by atoms with Crippen molar-refractivity contribution in [3.8, 4) is 0 Å². The normalized spacial score (nSPS) is 19.6. The Kier molecular flexibility index (Phi) is 4.78. The lowest BCUT2D eigenvalue weighted by atomic mass is 9.92. The van der Waals surface area contributed by atoms with Crippen molar-refractivity contribution < 1.29 is 14.4 Å². The van der Waals surface area contributed by atoms with Crippen LogP contribution in [0, 0.1) is 0 Å². The molecule has 1 atom stereocenters. The van der Waals surface area contributed by atoms with Gasteiger partial charge in [0.25, 0.3) is 5.91 Å². The van der Waals surface area contributed by atoms with Crippen LogP contribution in [-0.4, -0.2) is 46.7 Å². The SMILES string of the molecule is CN(C)C(=O)Cc1nc(CN2C(=O)NC(C)(c3ccccc3)C2=O)cs1. The molecule has 1 aliphatic rings. The summed E-state index contributed by atoms with van der Waals surface area (Å²) in [7, 11) is 3.38. The number of nitrogens with zero attached hydrogens (tertiary/aromatic N) is 3. The van der Waals surface area contributed by atoms with Gasteiger partial charge in [0.2, 0.25) is 5.91 Å². The number of urea groups is 1. The summed E-state index contributed by atoms with van der Waals surface area (Å²) < 4.78 is 0. The number of imide groups is 1. The molecule has 7 nitrogen and oxygen atoms in total. The summed E-state index contributed by atoms with van der Waals surface area (Å²) in [4.78, 5) is 44.1. The quantitative estimate of drug-likeness (QED) is 0.811. The van der Waals surface area contributed by atoms with Crippen LogP contribution in [-0.2, 0) is 28.1 Å². The van der Waals surface area contributed by atoms with Crippen LogP contribution >= 0.6 is 11.3 Å². The second-order valence-corrected chi connectivity index (χ2v) is 7.45. The zero-order valence-corrected chi connectivity index (χ0v) is 15.7. The summed E-state index contributed by atoms with van der Waals surface area (Å²) in [5, 5.41) is 5.21. The maximum Gasteiger partial charge on any atom is 0.325 e. The monoisotopic (exact) mass is 372 g/mol. The van der Waals surface area contributed by atoms with Crippen LogP contribution in [0.5, 0.6) is 0 Å². The first-order valence-corrected chi connectivity index (χ1v) is 9.02. The first-order chi connectivity index (χ1) is 12.3. The fraction of sp³-hybridized carbons (Fsp3) is 0.333. The molecule has 0 aliphatic carbocycles.